The van der Waals surface area contributed by atoms with Gasteiger partial charge in [0, 0.05) is 58.2 Å². The van der Waals surface area contributed by atoms with Gasteiger partial charge in [-0.15, -0.1) is 22.7 Å². The van der Waals surface area contributed by atoms with E-state index in [0.717, 1.165) is 17.9 Å². The van der Waals surface area contributed by atoms with Crippen LogP contribution in [0.2, 0.25) is 5.02 Å². The third-order valence-electron chi connectivity index (χ3n) is 8.15. The van der Waals surface area contributed by atoms with E-state index in [1.54, 1.807) is 0 Å². The Labute approximate surface area is 252 Å². The first-order valence-corrected chi connectivity index (χ1v) is 15.9. The maximum absolute atomic E-state index is 6.31. The minimum absolute atomic E-state index is 0.843. The Kier molecular flexibility index (Phi) is 6.14. The Morgan fingerprint density at radius 1 is 0.488 bits per heavy atom. The lowest BCUT2D eigenvalue weighted by Gasteiger charge is -2.05. The van der Waals surface area contributed by atoms with E-state index >= 15 is 0 Å². The lowest BCUT2D eigenvalue weighted by Crippen LogP contribution is -1.89. The first-order chi connectivity index (χ1) is 20.2. The molecule has 0 amide bonds. The van der Waals surface area contributed by atoms with Gasteiger partial charge in [0.2, 0.25) is 0 Å². The minimum atomic E-state index is 0.843. The van der Waals surface area contributed by atoms with Crippen LogP contribution in [0.25, 0.3) is 51.5 Å². The largest absolute Gasteiger partial charge is 0.135 e. The molecule has 41 heavy (non-hydrogen) atoms. The molecule has 0 saturated heterocycles. The summed E-state index contributed by atoms with van der Waals surface area (Å²) in [7, 11) is 0. The van der Waals surface area contributed by atoms with Crippen LogP contribution in [0, 0.1) is 0 Å². The highest BCUT2D eigenvalue weighted by Gasteiger charge is 2.21. The van der Waals surface area contributed by atoms with E-state index in [-0.39, 0.29) is 0 Å². The van der Waals surface area contributed by atoms with Crippen LogP contribution in [0.15, 0.2) is 127 Å². The van der Waals surface area contributed by atoms with Crippen molar-refractivity contribution in [2.24, 2.45) is 0 Å². The molecule has 0 unspecified atom stereocenters. The van der Waals surface area contributed by atoms with Crippen molar-refractivity contribution in [2.75, 3.05) is 0 Å². The van der Waals surface area contributed by atoms with Gasteiger partial charge in [-0.1, -0.05) is 121 Å². The monoisotopic (exact) mass is 580 g/mol. The van der Waals surface area contributed by atoms with E-state index in [9.17, 15) is 0 Å². The molecule has 2 aromatic heterocycles. The molecule has 9 rings (SSSR count). The number of halogens is 1. The SMILES string of the molecule is Clc1ccccc1Cc1cccc2c1sc1ccccc12.c1ccc2c(c1)Cc1c-2ccc2c1sc1ccccc12. The third kappa shape index (κ3) is 4.26. The maximum atomic E-state index is 6.31. The molecular formula is C38H25ClS2. The summed E-state index contributed by atoms with van der Waals surface area (Å²) in [6.45, 7) is 0. The van der Waals surface area contributed by atoms with Gasteiger partial charge in [0.15, 0.2) is 0 Å². The predicted octanol–water partition coefficient (Wildman–Crippen LogP) is 11.9. The zero-order valence-electron chi connectivity index (χ0n) is 22.2. The molecule has 0 bridgehead atoms. The Morgan fingerprint density at radius 2 is 1.10 bits per heavy atom. The number of rotatable bonds is 2. The van der Waals surface area contributed by atoms with Gasteiger partial charge >= 0.3 is 0 Å². The fourth-order valence-electron chi connectivity index (χ4n) is 6.19. The average molecular weight is 581 g/mol. The molecule has 0 radical (unpaired) electrons. The van der Waals surface area contributed by atoms with Crippen LogP contribution in [0.5, 0.6) is 0 Å². The first-order valence-electron chi connectivity index (χ1n) is 13.9. The van der Waals surface area contributed by atoms with Crippen LogP contribution in [0.4, 0.5) is 0 Å². The van der Waals surface area contributed by atoms with Gasteiger partial charge in [-0.2, -0.15) is 0 Å². The fraction of sp³-hybridized carbons (Fsp3) is 0.0526. The van der Waals surface area contributed by atoms with Gasteiger partial charge in [0.05, 0.1) is 0 Å². The number of hydrogen-bond donors (Lipinski definition) is 0. The Hall–Kier alpha value is -3.95. The molecule has 1 aliphatic carbocycles. The van der Waals surface area contributed by atoms with Crippen LogP contribution in [0.1, 0.15) is 22.3 Å². The lowest BCUT2D eigenvalue weighted by atomic mass is 10.0. The molecule has 0 saturated carbocycles. The highest BCUT2D eigenvalue weighted by atomic mass is 35.5. The standard InChI is InChI=1S/C19H13ClS.C19H12S/c20-17-10-3-1-6-13(17)12-14-7-5-9-16-15-8-2-4-11-18(15)21-19(14)16;1-2-6-13-12(5-1)11-17-14(13)9-10-16-15-7-3-4-8-18(15)20-19(16)17/h1-11H,12H2;1-10H,11H2. The summed E-state index contributed by atoms with van der Waals surface area (Å²) in [6, 6.07) is 45.4. The second kappa shape index (κ2) is 10.2. The van der Waals surface area contributed by atoms with Gasteiger partial charge in [-0.25, -0.2) is 0 Å². The van der Waals surface area contributed by atoms with Gasteiger partial charge in [0.1, 0.15) is 0 Å². The van der Waals surface area contributed by atoms with Crippen molar-refractivity contribution in [1.29, 1.82) is 0 Å². The molecular weight excluding hydrogens is 556 g/mol. The summed E-state index contributed by atoms with van der Waals surface area (Å²) in [5, 5.41) is 6.35. The van der Waals surface area contributed by atoms with E-state index in [4.69, 9.17) is 11.6 Å². The second-order valence-corrected chi connectivity index (χ2v) is 13.1. The first kappa shape index (κ1) is 24.8. The van der Waals surface area contributed by atoms with Crippen molar-refractivity contribution in [3.63, 3.8) is 0 Å². The Balaban J connectivity index is 0.000000125. The van der Waals surface area contributed by atoms with Gasteiger partial charge in [-0.3, -0.25) is 0 Å². The second-order valence-electron chi connectivity index (χ2n) is 10.6. The van der Waals surface area contributed by atoms with E-state index in [0.29, 0.717) is 0 Å². The fourth-order valence-corrected chi connectivity index (χ4v) is 8.86. The molecule has 2 heterocycles. The summed E-state index contributed by atoms with van der Waals surface area (Å²) in [6.07, 6.45) is 1.96. The minimum Gasteiger partial charge on any atom is -0.135 e. The number of thiophene rings is 2. The number of hydrogen-bond acceptors (Lipinski definition) is 2. The molecule has 0 nitrogen and oxygen atoms in total. The van der Waals surface area contributed by atoms with Crippen molar-refractivity contribution in [3.05, 3.63) is 155 Å². The zero-order valence-corrected chi connectivity index (χ0v) is 24.6. The quantitative estimate of drug-likeness (QED) is 0.191. The zero-order chi connectivity index (χ0) is 27.3. The van der Waals surface area contributed by atoms with E-state index in [2.05, 4.69) is 109 Å². The van der Waals surface area contributed by atoms with Crippen molar-refractivity contribution >= 4 is 74.6 Å². The van der Waals surface area contributed by atoms with Crippen LogP contribution in [-0.4, -0.2) is 0 Å². The highest BCUT2D eigenvalue weighted by molar-refractivity contribution is 7.26. The Morgan fingerprint density at radius 3 is 1.90 bits per heavy atom. The molecule has 0 aliphatic heterocycles. The van der Waals surface area contributed by atoms with E-state index in [1.807, 2.05) is 40.9 Å². The highest BCUT2D eigenvalue weighted by Crippen LogP contribution is 2.45. The Bertz CT molecular complexity index is 2230. The van der Waals surface area contributed by atoms with E-state index in [1.165, 1.54) is 73.7 Å². The van der Waals surface area contributed by atoms with E-state index < -0.39 is 0 Å². The molecule has 0 spiro atoms. The van der Waals surface area contributed by atoms with Crippen LogP contribution < -0.4 is 0 Å². The topological polar surface area (TPSA) is 0 Å². The van der Waals surface area contributed by atoms with Crippen molar-refractivity contribution in [3.8, 4) is 11.1 Å². The lowest BCUT2D eigenvalue weighted by molar-refractivity contribution is 1.22. The molecule has 0 N–H and O–H groups in total. The molecule has 0 atom stereocenters. The van der Waals surface area contributed by atoms with Crippen LogP contribution in [0.3, 0.4) is 0 Å². The smallest absolute Gasteiger partial charge is 0.0441 e. The average Bonchev–Trinajstić information content (AvgIpc) is 3.70. The number of fused-ring (bicyclic) bond motifs is 10. The summed E-state index contributed by atoms with van der Waals surface area (Å²) >= 11 is 10.1. The summed E-state index contributed by atoms with van der Waals surface area (Å²) < 4.78 is 5.59. The van der Waals surface area contributed by atoms with Crippen molar-refractivity contribution in [2.45, 2.75) is 12.8 Å². The normalized spacial score (nSPS) is 12.0. The molecule has 6 aromatic carbocycles. The molecule has 8 aromatic rings. The number of benzene rings is 6. The molecule has 0 fully saturated rings. The van der Waals surface area contributed by atoms with Gasteiger partial charge < -0.3 is 0 Å². The maximum Gasteiger partial charge on any atom is 0.0441 e. The summed E-state index contributed by atoms with van der Waals surface area (Å²) in [4.78, 5) is 0. The molecule has 3 heteroatoms. The van der Waals surface area contributed by atoms with Gasteiger partial charge in [0.25, 0.3) is 0 Å². The molecule has 196 valence electrons. The van der Waals surface area contributed by atoms with Crippen LogP contribution in [-0.2, 0) is 12.8 Å². The third-order valence-corrected chi connectivity index (χ3v) is 11.0. The van der Waals surface area contributed by atoms with Crippen LogP contribution >= 0.6 is 34.3 Å². The van der Waals surface area contributed by atoms with Crippen molar-refractivity contribution < 1.29 is 0 Å². The summed E-state index contributed by atoms with van der Waals surface area (Å²) in [5.41, 5.74) is 8.37. The predicted molar refractivity (Wildman–Crippen MR) is 181 cm³/mol. The molecule has 1 aliphatic rings. The summed E-state index contributed by atoms with van der Waals surface area (Å²) in [5.74, 6) is 0. The van der Waals surface area contributed by atoms with Crippen molar-refractivity contribution in [1.82, 2.24) is 0 Å². The van der Waals surface area contributed by atoms with Gasteiger partial charge in [-0.05, 0) is 51.6 Å².